The van der Waals surface area contributed by atoms with Crippen molar-refractivity contribution in [2.75, 3.05) is 13.1 Å². The van der Waals surface area contributed by atoms with Gasteiger partial charge in [0.15, 0.2) is 0 Å². The van der Waals surface area contributed by atoms with Gasteiger partial charge in [-0.15, -0.1) is 11.6 Å². The van der Waals surface area contributed by atoms with Gasteiger partial charge in [-0.1, -0.05) is 23.7 Å². The Morgan fingerprint density at radius 1 is 1.47 bits per heavy atom. The van der Waals surface area contributed by atoms with Crippen LogP contribution in [0.3, 0.4) is 0 Å². The summed E-state index contributed by atoms with van der Waals surface area (Å²) in [4.78, 5) is 2.15. The molecule has 4 heteroatoms. The first kappa shape index (κ1) is 11.2. The third kappa shape index (κ3) is 2.63. The second kappa shape index (κ2) is 4.69. The van der Waals surface area contributed by atoms with Gasteiger partial charge in [-0.05, 0) is 19.0 Å². The summed E-state index contributed by atoms with van der Waals surface area (Å²) >= 11 is 11.7. The molecule has 0 saturated carbocycles. The van der Waals surface area contributed by atoms with E-state index in [-0.39, 0.29) is 16.2 Å². The lowest BCUT2D eigenvalue weighted by atomic mass is 10.2. The fourth-order valence-corrected chi connectivity index (χ4v) is 2.33. The van der Waals surface area contributed by atoms with E-state index in [1.54, 1.807) is 18.2 Å². The summed E-state index contributed by atoms with van der Waals surface area (Å²) in [6.45, 7) is 2.35. The second-order valence-corrected chi connectivity index (χ2v) is 4.86. The van der Waals surface area contributed by atoms with Crippen LogP contribution >= 0.6 is 23.2 Å². The number of halogens is 3. The zero-order chi connectivity index (χ0) is 10.8. The molecule has 1 saturated heterocycles. The molecule has 1 aliphatic rings. The maximum absolute atomic E-state index is 13.6. The van der Waals surface area contributed by atoms with Crippen LogP contribution in [0.2, 0.25) is 5.02 Å². The van der Waals surface area contributed by atoms with Crippen molar-refractivity contribution in [1.82, 2.24) is 4.90 Å². The molecular weight excluding hydrogens is 236 g/mol. The van der Waals surface area contributed by atoms with Gasteiger partial charge < -0.3 is 0 Å². The zero-order valence-corrected chi connectivity index (χ0v) is 9.73. The monoisotopic (exact) mass is 247 g/mol. The smallest absolute Gasteiger partial charge is 0.146 e. The van der Waals surface area contributed by atoms with Crippen LogP contribution in [0.15, 0.2) is 18.2 Å². The van der Waals surface area contributed by atoms with Gasteiger partial charge in [0.05, 0.1) is 5.02 Å². The normalized spacial score (nSPS) is 22.2. The number of nitrogens with zero attached hydrogens (tertiary/aromatic N) is 1. The van der Waals surface area contributed by atoms with Gasteiger partial charge in [0.2, 0.25) is 0 Å². The van der Waals surface area contributed by atoms with E-state index in [9.17, 15) is 4.39 Å². The maximum Gasteiger partial charge on any atom is 0.146 e. The molecule has 1 atom stereocenters. The highest BCUT2D eigenvalue weighted by molar-refractivity contribution is 6.30. The summed E-state index contributed by atoms with van der Waals surface area (Å²) in [5.41, 5.74) is 0.647. The molecule has 1 fully saturated rings. The third-order valence-electron chi connectivity index (χ3n) is 2.64. The summed E-state index contributed by atoms with van der Waals surface area (Å²) in [6.07, 6.45) is 0.976. The zero-order valence-electron chi connectivity index (χ0n) is 8.22. The molecule has 1 aromatic carbocycles. The molecule has 0 aromatic heterocycles. The molecular formula is C11H12Cl2FN. The molecule has 1 nitrogen and oxygen atoms in total. The lowest BCUT2D eigenvalue weighted by Crippen LogP contribution is -2.20. The highest BCUT2D eigenvalue weighted by atomic mass is 35.5. The van der Waals surface area contributed by atoms with Crippen molar-refractivity contribution in [3.8, 4) is 0 Å². The summed E-state index contributed by atoms with van der Waals surface area (Å²) in [6, 6.07) is 5.10. The number of likely N-dealkylation sites (tertiary alicyclic amines) is 1. The molecule has 0 spiro atoms. The van der Waals surface area contributed by atoms with Crippen LogP contribution in [0.5, 0.6) is 0 Å². The Morgan fingerprint density at radius 3 is 2.93 bits per heavy atom. The van der Waals surface area contributed by atoms with E-state index < -0.39 is 0 Å². The van der Waals surface area contributed by atoms with Crippen LogP contribution in [0.4, 0.5) is 4.39 Å². The van der Waals surface area contributed by atoms with Gasteiger partial charge in [-0.3, -0.25) is 4.90 Å². The number of hydrogen-bond donors (Lipinski definition) is 0. The van der Waals surface area contributed by atoms with E-state index >= 15 is 0 Å². The van der Waals surface area contributed by atoms with Crippen molar-refractivity contribution in [1.29, 1.82) is 0 Å². The predicted octanol–water partition coefficient (Wildman–Crippen LogP) is 3.29. The minimum atomic E-state index is -0.308. The van der Waals surface area contributed by atoms with Crippen molar-refractivity contribution in [3.63, 3.8) is 0 Å². The minimum Gasteiger partial charge on any atom is -0.297 e. The molecule has 0 N–H and O–H groups in total. The SMILES string of the molecule is Fc1c(Cl)cccc1CN1CCC(Cl)C1. The third-order valence-corrected chi connectivity index (χ3v) is 3.29. The van der Waals surface area contributed by atoms with E-state index in [4.69, 9.17) is 23.2 Å². The number of hydrogen-bond acceptors (Lipinski definition) is 1. The first-order valence-electron chi connectivity index (χ1n) is 4.96. The average molecular weight is 248 g/mol. The maximum atomic E-state index is 13.6. The Kier molecular flexibility index (Phi) is 3.49. The van der Waals surface area contributed by atoms with Crippen LogP contribution in [0.25, 0.3) is 0 Å². The van der Waals surface area contributed by atoms with Gasteiger partial charge in [0.1, 0.15) is 5.82 Å². The van der Waals surface area contributed by atoms with Crippen molar-refractivity contribution in [2.24, 2.45) is 0 Å². The van der Waals surface area contributed by atoms with Gasteiger partial charge in [-0.25, -0.2) is 4.39 Å². The first-order valence-corrected chi connectivity index (χ1v) is 5.77. The van der Waals surface area contributed by atoms with Crippen molar-refractivity contribution < 1.29 is 4.39 Å². The van der Waals surface area contributed by atoms with E-state index in [1.807, 2.05) is 0 Å². The second-order valence-electron chi connectivity index (χ2n) is 3.83. The largest absolute Gasteiger partial charge is 0.297 e. The Labute approximate surface area is 98.8 Å². The molecule has 82 valence electrons. The minimum absolute atomic E-state index is 0.189. The molecule has 1 unspecified atom stereocenters. The van der Waals surface area contributed by atoms with Crippen LogP contribution in [-0.2, 0) is 6.54 Å². The van der Waals surface area contributed by atoms with Crippen molar-refractivity contribution in [2.45, 2.75) is 18.3 Å². The predicted molar refractivity (Wildman–Crippen MR) is 60.9 cm³/mol. The van der Waals surface area contributed by atoms with Gasteiger partial charge >= 0.3 is 0 Å². The van der Waals surface area contributed by atoms with Crippen LogP contribution in [0, 0.1) is 5.82 Å². The Morgan fingerprint density at radius 2 is 2.27 bits per heavy atom. The van der Waals surface area contributed by atoms with Crippen molar-refractivity contribution >= 4 is 23.2 Å². The molecule has 1 aromatic rings. The molecule has 0 amide bonds. The topological polar surface area (TPSA) is 3.24 Å². The van der Waals surface area contributed by atoms with Crippen LogP contribution in [0.1, 0.15) is 12.0 Å². The van der Waals surface area contributed by atoms with Crippen molar-refractivity contribution in [3.05, 3.63) is 34.6 Å². The molecule has 2 rings (SSSR count). The molecule has 0 aliphatic carbocycles. The molecule has 1 heterocycles. The highest BCUT2D eigenvalue weighted by Crippen LogP contribution is 2.22. The van der Waals surface area contributed by atoms with Crippen LogP contribution in [-0.4, -0.2) is 23.4 Å². The van der Waals surface area contributed by atoms with E-state index in [0.29, 0.717) is 12.1 Å². The van der Waals surface area contributed by atoms with Crippen LogP contribution < -0.4 is 0 Å². The van der Waals surface area contributed by atoms with E-state index in [0.717, 1.165) is 19.5 Å². The lowest BCUT2D eigenvalue weighted by Gasteiger charge is -2.15. The number of rotatable bonds is 2. The average Bonchev–Trinajstić information content (AvgIpc) is 2.59. The summed E-state index contributed by atoms with van der Waals surface area (Å²) < 4.78 is 13.6. The van der Waals surface area contributed by atoms with E-state index in [2.05, 4.69) is 4.90 Å². The molecule has 0 bridgehead atoms. The van der Waals surface area contributed by atoms with Gasteiger partial charge in [0.25, 0.3) is 0 Å². The first-order chi connectivity index (χ1) is 7.16. The molecule has 15 heavy (non-hydrogen) atoms. The van der Waals surface area contributed by atoms with Gasteiger partial charge in [-0.2, -0.15) is 0 Å². The quantitative estimate of drug-likeness (QED) is 0.726. The molecule has 1 aliphatic heterocycles. The van der Waals surface area contributed by atoms with E-state index in [1.165, 1.54) is 0 Å². The summed E-state index contributed by atoms with van der Waals surface area (Å²) in [5.74, 6) is -0.308. The summed E-state index contributed by atoms with van der Waals surface area (Å²) in [5, 5.41) is 0.390. The highest BCUT2D eigenvalue weighted by Gasteiger charge is 2.21. The Balaban J connectivity index is 2.07. The Bertz CT molecular complexity index is 356. The fraction of sp³-hybridized carbons (Fsp3) is 0.455. The Hall–Kier alpha value is -0.310. The summed E-state index contributed by atoms with van der Waals surface area (Å²) in [7, 11) is 0. The molecule has 0 radical (unpaired) electrons. The lowest BCUT2D eigenvalue weighted by molar-refractivity contribution is 0.326. The fourth-order valence-electron chi connectivity index (χ4n) is 1.84. The number of alkyl halides is 1. The van der Waals surface area contributed by atoms with Gasteiger partial charge in [0, 0.05) is 24.0 Å². The number of benzene rings is 1. The standard InChI is InChI=1S/C11H12Cl2FN/c12-9-4-5-15(7-9)6-8-2-1-3-10(13)11(8)14/h1-3,9H,4-7H2.